The van der Waals surface area contributed by atoms with Crippen molar-refractivity contribution in [3.8, 4) is 22.4 Å². The summed E-state index contributed by atoms with van der Waals surface area (Å²) in [6.07, 6.45) is 1.93. The fourth-order valence-corrected chi connectivity index (χ4v) is 7.54. The van der Waals surface area contributed by atoms with Gasteiger partial charge in [-0.1, -0.05) is 102 Å². The van der Waals surface area contributed by atoms with Crippen molar-refractivity contribution in [3.63, 3.8) is 0 Å². The lowest BCUT2D eigenvalue weighted by atomic mass is 9.96. The van der Waals surface area contributed by atoms with Crippen molar-refractivity contribution in [1.29, 1.82) is 0 Å². The summed E-state index contributed by atoms with van der Waals surface area (Å²) < 4.78 is 2.43. The molecule has 0 spiro atoms. The number of hydrogen-bond donors (Lipinski definition) is 0. The number of nitrogens with zero attached hydrogens (tertiary/aromatic N) is 3. The molecule has 0 unspecified atom stereocenters. The highest BCUT2D eigenvalue weighted by atomic mass is 14.9. The summed E-state index contributed by atoms with van der Waals surface area (Å²) >= 11 is 0. The van der Waals surface area contributed by atoms with E-state index in [-0.39, 0.29) is 0 Å². The number of hydrogen-bond acceptors (Lipinski definition) is 2. The van der Waals surface area contributed by atoms with E-state index in [1.165, 1.54) is 71.1 Å². The zero-order valence-corrected chi connectivity index (χ0v) is 25.0. The van der Waals surface area contributed by atoms with E-state index in [9.17, 15) is 0 Å². The van der Waals surface area contributed by atoms with Gasteiger partial charge in [-0.05, 0) is 66.1 Å². The Morgan fingerprint density at radius 2 is 1.07 bits per heavy atom. The average molecular weight is 574 g/mol. The Balaban J connectivity index is 1.10. The van der Waals surface area contributed by atoms with Crippen molar-refractivity contribution in [2.45, 2.75) is 13.8 Å². The van der Waals surface area contributed by atoms with Crippen LogP contribution >= 0.6 is 0 Å². The molecule has 0 amide bonds. The highest BCUT2D eigenvalue weighted by molar-refractivity contribution is 6.24. The first-order valence-electron chi connectivity index (χ1n) is 15.5. The quantitative estimate of drug-likeness (QED) is 0.193. The Bertz CT molecular complexity index is 2820. The molecule has 0 saturated heterocycles. The smallest absolute Gasteiger partial charge is 0.0979 e. The number of rotatable bonds is 2. The molecular weight excluding hydrogens is 546 g/mol. The average Bonchev–Trinajstić information content (AvgIpc) is 3.60. The minimum atomic E-state index is 0.885. The van der Waals surface area contributed by atoms with Crippen molar-refractivity contribution >= 4 is 70.7 Å². The molecule has 45 heavy (non-hydrogen) atoms. The molecule has 3 heteroatoms. The van der Waals surface area contributed by atoms with Gasteiger partial charge in [-0.15, -0.1) is 0 Å². The predicted octanol–water partition coefficient (Wildman–Crippen LogP) is 11.0. The van der Waals surface area contributed by atoms with Gasteiger partial charge in [0.05, 0.1) is 39.5 Å². The van der Waals surface area contributed by atoms with E-state index < -0.39 is 0 Å². The van der Waals surface area contributed by atoms with Gasteiger partial charge in [0.25, 0.3) is 0 Å². The maximum Gasteiger partial charge on any atom is 0.0979 e. The van der Waals surface area contributed by atoms with Gasteiger partial charge in [0, 0.05) is 37.9 Å². The van der Waals surface area contributed by atoms with Gasteiger partial charge in [-0.3, -0.25) is 4.98 Å². The molecular formula is C42H27N3. The lowest BCUT2D eigenvalue weighted by molar-refractivity contribution is 1.31. The fraction of sp³-hybridized carbons (Fsp3) is 0.0476. The van der Waals surface area contributed by atoms with Crippen LogP contribution in [0.1, 0.15) is 11.1 Å². The molecule has 0 N–H and O–H groups in total. The van der Waals surface area contributed by atoms with Gasteiger partial charge < -0.3 is 4.40 Å². The van der Waals surface area contributed by atoms with E-state index in [0.29, 0.717) is 0 Å². The summed E-state index contributed by atoms with van der Waals surface area (Å²) in [5.41, 5.74) is 12.5. The zero-order valence-electron chi connectivity index (χ0n) is 25.0. The molecule has 7 aromatic carbocycles. The second-order valence-electron chi connectivity index (χ2n) is 12.4. The number of aromatic nitrogens is 3. The fourth-order valence-electron chi connectivity index (χ4n) is 7.54. The van der Waals surface area contributed by atoms with Crippen LogP contribution in [0.4, 0.5) is 0 Å². The van der Waals surface area contributed by atoms with E-state index in [2.05, 4.69) is 140 Å². The summed E-state index contributed by atoms with van der Waals surface area (Å²) in [5, 5.41) is 9.96. The lowest BCUT2D eigenvalue weighted by Crippen LogP contribution is -1.93. The Kier molecular flexibility index (Phi) is 4.85. The third kappa shape index (κ3) is 3.41. The molecule has 210 valence electrons. The number of aryl methyl sites for hydroxylation is 2. The molecule has 0 saturated carbocycles. The van der Waals surface area contributed by atoms with Crippen LogP contribution in [0.3, 0.4) is 0 Å². The minimum Gasteiger partial charge on any atom is -0.308 e. The normalized spacial score (nSPS) is 12.2. The standard InChI is InChI=1S/C42H27N3/c1-24-10-17-29-30-18-11-25(2)21-36(30)41-40(35(29)20-24)43-23-37(44-41)27-14-12-26(13-15-27)28-16-19-39-34(22-28)33-8-5-7-32-31-6-3-4-9-38(31)45(39)42(32)33/h3-23H,1-2H3. The Morgan fingerprint density at radius 3 is 1.84 bits per heavy atom. The molecule has 10 rings (SSSR count). The van der Waals surface area contributed by atoms with Crippen molar-refractivity contribution in [2.24, 2.45) is 0 Å². The van der Waals surface area contributed by atoms with E-state index in [0.717, 1.165) is 33.1 Å². The molecule has 0 aliphatic carbocycles. The molecule has 3 heterocycles. The zero-order chi connectivity index (χ0) is 29.8. The van der Waals surface area contributed by atoms with Crippen LogP contribution in [0.15, 0.2) is 128 Å². The maximum atomic E-state index is 5.24. The molecule has 0 fully saturated rings. The topological polar surface area (TPSA) is 30.2 Å². The lowest BCUT2D eigenvalue weighted by Gasteiger charge is -2.12. The van der Waals surface area contributed by atoms with Crippen LogP contribution in [-0.2, 0) is 0 Å². The SMILES string of the molecule is Cc1ccc2c3ccc(C)cc3c3nc(-c4ccc(-c5ccc6c(c5)c5cccc7c8ccccc8n6c75)cc4)cnc3c2c1. The van der Waals surface area contributed by atoms with E-state index in [1.807, 2.05) is 6.20 Å². The number of benzene rings is 7. The summed E-state index contributed by atoms with van der Waals surface area (Å²) in [4.78, 5) is 10.3. The largest absolute Gasteiger partial charge is 0.308 e. The first-order chi connectivity index (χ1) is 22.1. The first-order valence-corrected chi connectivity index (χ1v) is 15.5. The summed E-state index contributed by atoms with van der Waals surface area (Å²) in [7, 11) is 0. The summed E-state index contributed by atoms with van der Waals surface area (Å²) in [6.45, 7) is 4.27. The van der Waals surface area contributed by atoms with Crippen molar-refractivity contribution < 1.29 is 0 Å². The second-order valence-corrected chi connectivity index (χ2v) is 12.4. The highest BCUT2D eigenvalue weighted by Gasteiger charge is 2.18. The van der Waals surface area contributed by atoms with Gasteiger partial charge in [0.1, 0.15) is 0 Å². The molecule has 0 radical (unpaired) electrons. The molecule has 0 atom stereocenters. The van der Waals surface area contributed by atoms with Gasteiger partial charge in [-0.25, -0.2) is 4.98 Å². The predicted molar refractivity (Wildman–Crippen MR) is 190 cm³/mol. The van der Waals surface area contributed by atoms with Gasteiger partial charge in [-0.2, -0.15) is 0 Å². The van der Waals surface area contributed by atoms with E-state index >= 15 is 0 Å². The highest BCUT2D eigenvalue weighted by Crippen LogP contribution is 2.40. The third-order valence-electron chi connectivity index (χ3n) is 9.66. The van der Waals surface area contributed by atoms with Crippen LogP contribution < -0.4 is 0 Å². The Hall–Kier alpha value is -5.80. The molecule has 10 aromatic rings. The maximum absolute atomic E-state index is 5.24. The van der Waals surface area contributed by atoms with Crippen molar-refractivity contribution in [1.82, 2.24) is 14.4 Å². The van der Waals surface area contributed by atoms with E-state index in [1.54, 1.807) is 0 Å². The Labute approximate surface area is 259 Å². The van der Waals surface area contributed by atoms with Crippen molar-refractivity contribution in [3.05, 3.63) is 139 Å². The van der Waals surface area contributed by atoms with Crippen LogP contribution in [0.25, 0.3) is 93.1 Å². The van der Waals surface area contributed by atoms with Crippen LogP contribution in [0.2, 0.25) is 0 Å². The molecule has 0 aliphatic rings. The molecule has 3 aromatic heterocycles. The van der Waals surface area contributed by atoms with Crippen LogP contribution in [-0.4, -0.2) is 14.4 Å². The Morgan fingerprint density at radius 1 is 0.444 bits per heavy atom. The van der Waals surface area contributed by atoms with Gasteiger partial charge >= 0.3 is 0 Å². The summed E-state index contributed by atoms with van der Waals surface area (Å²) in [6, 6.07) is 44.3. The van der Waals surface area contributed by atoms with Gasteiger partial charge in [0.2, 0.25) is 0 Å². The second kappa shape index (κ2) is 8.87. The van der Waals surface area contributed by atoms with Gasteiger partial charge in [0.15, 0.2) is 0 Å². The summed E-state index contributed by atoms with van der Waals surface area (Å²) in [5.74, 6) is 0. The monoisotopic (exact) mass is 573 g/mol. The first kappa shape index (κ1) is 24.6. The van der Waals surface area contributed by atoms with Crippen LogP contribution in [0, 0.1) is 13.8 Å². The molecule has 0 aliphatic heterocycles. The van der Waals surface area contributed by atoms with Crippen LogP contribution in [0.5, 0.6) is 0 Å². The van der Waals surface area contributed by atoms with E-state index in [4.69, 9.17) is 9.97 Å². The number of fused-ring (bicyclic) bond motifs is 12. The molecule has 0 bridgehead atoms. The molecule has 3 nitrogen and oxygen atoms in total. The minimum absolute atomic E-state index is 0.885. The third-order valence-corrected chi connectivity index (χ3v) is 9.66. The van der Waals surface area contributed by atoms with Crippen molar-refractivity contribution in [2.75, 3.05) is 0 Å². The number of para-hydroxylation sites is 2.